The molecule has 32 heavy (non-hydrogen) atoms. The Balaban J connectivity index is 1.66. The lowest BCUT2D eigenvalue weighted by molar-refractivity contribution is -0.125. The molecule has 12 heteroatoms. The van der Waals surface area contributed by atoms with Crippen molar-refractivity contribution >= 4 is 34.4 Å². The van der Waals surface area contributed by atoms with Crippen molar-refractivity contribution in [2.75, 3.05) is 18.5 Å². The number of amides is 1. The third kappa shape index (κ3) is 4.79. The second-order valence-corrected chi connectivity index (χ2v) is 7.02. The third-order valence-electron chi connectivity index (χ3n) is 4.30. The predicted octanol–water partition coefficient (Wildman–Crippen LogP) is 2.59. The fourth-order valence-electron chi connectivity index (χ4n) is 2.74. The van der Waals surface area contributed by atoms with Gasteiger partial charge in [0.1, 0.15) is 11.1 Å². The van der Waals surface area contributed by atoms with Gasteiger partial charge in [-0.05, 0) is 26.0 Å². The highest BCUT2D eigenvalue weighted by atomic mass is 35.5. The summed E-state index contributed by atoms with van der Waals surface area (Å²) in [4.78, 5) is 34.3. The Morgan fingerprint density at radius 3 is 2.84 bits per heavy atom. The first-order valence-corrected chi connectivity index (χ1v) is 10.1. The Bertz CT molecular complexity index is 1230. The summed E-state index contributed by atoms with van der Waals surface area (Å²) in [6.07, 6.45) is 5.07. The molecule has 0 aliphatic heterocycles. The molecule has 0 spiro atoms. The van der Waals surface area contributed by atoms with Crippen LogP contribution in [-0.2, 0) is 9.53 Å². The maximum atomic E-state index is 12.9. The number of aromatic nitrogens is 7. The maximum Gasteiger partial charge on any atom is 0.269 e. The summed E-state index contributed by atoms with van der Waals surface area (Å²) < 4.78 is 11.4. The highest BCUT2D eigenvalue weighted by Gasteiger charge is 2.25. The molecule has 0 bridgehead atoms. The first-order chi connectivity index (χ1) is 15.5. The van der Waals surface area contributed by atoms with E-state index in [-0.39, 0.29) is 18.3 Å². The third-order valence-corrected chi connectivity index (χ3v) is 4.60. The largest absolute Gasteiger partial charge is 0.461 e. The molecule has 4 aromatic rings. The van der Waals surface area contributed by atoms with Crippen molar-refractivity contribution < 1.29 is 14.3 Å². The van der Waals surface area contributed by atoms with Crippen LogP contribution in [0.1, 0.15) is 12.6 Å². The van der Waals surface area contributed by atoms with E-state index in [1.807, 2.05) is 6.92 Å². The molecular formula is C20H19ClN8O3. The number of rotatable bonds is 8. The van der Waals surface area contributed by atoms with E-state index in [1.54, 1.807) is 31.5 Å². The predicted molar refractivity (Wildman–Crippen MR) is 116 cm³/mol. The molecule has 0 radical (unpaired) electrons. The van der Waals surface area contributed by atoms with E-state index >= 15 is 0 Å². The number of carbonyl (C=O) groups is 1. The molecule has 4 aromatic heterocycles. The van der Waals surface area contributed by atoms with Crippen LogP contribution in [0.2, 0.25) is 5.02 Å². The number of anilines is 1. The molecule has 0 saturated carbocycles. The molecule has 2 N–H and O–H groups in total. The number of halogens is 1. The molecule has 4 rings (SSSR count). The number of H-pyrrole nitrogens is 1. The van der Waals surface area contributed by atoms with Gasteiger partial charge in [0.25, 0.3) is 5.91 Å². The quantitative estimate of drug-likeness (QED) is 0.410. The zero-order valence-corrected chi connectivity index (χ0v) is 18.0. The number of carbonyl (C=O) groups excluding carboxylic acids is 1. The van der Waals surface area contributed by atoms with Gasteiger partial charge in [-0.1, -0.05) is 11.6 Å². The average Bonchev–Trinajstić information content (AvgIpc) is 3.27. The maximum absolute atomic E-state index is 12.9. The van der Waals surface area contributed by atoms with E-state index in [1.165, 1.54) is 12.4 Å². The van der Waals surface area contributed by atoms with E-state index in [0.29, 0.717) is 34.2 Å². The first kappa shape index (κ1) is 21.5. The van der Waals surface area contributed by atoms with Crippen LogP contribution in [0.25, 0.3) is 22.6 Å². The highest BCUT2D eigenvalue weighted by molar-refractivity contribution is 6.32. The molecule has 0 aromatic carbocycles. The van der Waals surface area contributed by atoms with Crippen molar-refractivity contribution in [3.63, 3.8) is 0 Å². The molecule has 0 saturated heterocycles. The van der Waals surface area contributed by atoms with Crippen LogP contribution in [0.4, 0.5) is 5.82 Å². The number of aromatic amines is 1. The van der Waals surface area contributed by atoms with Crippen molar-refractivity contribution in [1.29, 1.82) is 0 Å². The lowest BCUT2D eigenvalue weighted by Gasteiger charge is -2.18. The molecule has 164 valence electrons. The second kappa shape index (κ2) is 9.62. The topological polar surface area (TPSA) is 141 Å². The van der Waals surface area contributed by atoms with Crippen LogP contribution in [0, 0.1) is 6.92 Å². The van der Waals surface area contributed by atoms with E-state index in [4.69, 9.17) is 21.1 Å². The summed E-state index contributed by atoms with van der Waals surface area (Å²) in [5.74, 6) is 0.185. The normalized spacial score (nSPS) is 12.0. The molecule has 0 fully saturated rings. The van der Waals surface area contributed by atoms with Gasteiger partial charge in [-0.25, -0.2) is 9.97 Å². The number of pyridine rings is 1. The summed E-state index contributed by atoms with van der Waals surface area (Å²) in [5.41, 5.74) is 1.51. The first-order valence-electron chi connectivity index (χ1n) is 9.71. The Morgan fingerprint density at radius 2 is 2.09 bits per heavy atom. The molecule has 1 atom stereocenters. The van der Waals surface area contributed by atoms with Gasteiger partial charge >= 0.3 is 0 Å². The zero-order chi connectivity index (χ0) is 22.5. The molecule has 11 nitrogen and oxygen atoms in total. The Hall–Kier alpha value is -3.70. The van der Waals surface area contributed by atoms with Gasteiger partial charge < -0.3 is 14.8 Å². The van der Waals surface area contributed by atoms with Crippen molar-refractivity contribution in [2.24, 2.45) is 0 Å². The number of aryl methyl sites for hydroxylation is 1. The molecular weight excluding hydrogens is 436 g/mol. The van der Waals surface area contributed by atoms with Crippen LogP contribution in [0.3, 0.4) is 0 Å². The summed E-state index contributed by atoms with van der Waals surface area (Å²) >= 11 is 6.26. The second-order valence-electron chi connectivity index (χ2n) is 6.62. The fourth-order valence-corrected chi connectivity index (χ4v) is 2.95. The zero-order valence-electron chi connectivity index (χ0n) is 17.2. The minimum absolute atomic E-state index is 0.00928. The van der Waals surface area contributed by atoms with Gasteiger partial charge in [0.2, 0.25) is 12.0 Å². The molecule has 0 unspecified atom stereocenters. The number of fused-ring (bicyclic) bond motifs is 1. The van der Waals surface area contributed by atoms with Gasteiger partial charge in [-0.15, -0.1) is 0 Å². The van der Waals surface area contributed by atoms with Crippen LogP contribution in [-0.4, -0.2) is 60.3 Å². The van der Waals surface area contributed by atoms with Gasteiger partial charge in [0, 0.05) is 12.8 Å². The number of hydrogen-bond donors (Lipinski definition) is 2. The number of ether oxygens (including phenoxy) is 2. The standard InChI is InChI=1S/C20H19ClN8O3/c1-3-31-10-14(19(30)26-15-9-23-11(2)7-24-15)32-20-12-8-25-29-17(12)27-18(28-20)16-13(21)5-4-6-22-16/h4-9,14H,3,10H2,1-2H3,(H,24,26,30)(H,25,27,28,29)/t14-/m0/s1. The Kier molecular flexibility index (Phi) is 6.47. The van der Waals surface area contributed by atoms with Crippen LogP contribution in [0.5, 0.6) is 5.88 Å². The molecule has 1 amide bonds. The molecule has 0 aliphatic carbocycles. The van der Waals surface area contributed by atoms with E-state index in [9.17, 15) is 4.79 Å². The van der Waals surface area contributed by atoms with Gasteiger partial charge in [-0.3, -0.25) is 19.9 Å². The molecule has 4 heterocycles. The van der Waals surface area contributed by atoms with Crippen molar-refractivity contribution in [3.05, 3.63) is 47.6 Å². The average molecular weight is 455 g/mol. The number of nitrogens with zero attached hydrogens (tertiary/aromatic N) is 6. The highest BCUT2D eigenvalue weighted by Crippen LogP contribution is 2.28. The van der Waals surface area contributed by atoms with Crippen LogP contribution < -0.4 is 10.1 Å². The smallest absolute Gasteiger partial charge is 0.269 e. The Morgan fingerprint density at radius 1 is 1.22 bits per heavy atom. The Labute approximate surface area is 187 Å². The van der Waals surface area contributed by atoms with Crippen LogP contribution >= 0.6 is 11.6 Å². The van der Waals surface area contributed by atoms with Crippen LogP contribution in [0.15, 0.2) is 36.9 Å². The number of hydrogen-bond acceptors (Lipinski definition) is 9. The summed E-state index contributed by atoms with van der Waals surface area (Å²) in [5, 5.41) is 10.3. The minimum Gasteiger partial charge on any atom is -0.461 e. The van der Waals surface area contributed by atoms with Crippen molar-refractivity contribution in [1.82, 2.24) is 35.1 Å². The summed E-state index contributed by atoms with van der Waals surface area (Å²) in [6, 6.07) is 3.38. The lowest BCUT2D eigenvalue weighted by atomic mass is 10.3. The van der Waals surface area contributed by atoms with Crippen molar-refractivity contribution in [2.45, 2.75) is 20.0 Å². The van der Waals surface area contributed by atoms with Gasteiger partial charge in [0.15, 0.2) is 17.3 Å². The van der Waals surface area contributed by atoms with E-state index < -0.39 is 12.0 Å². The van der Waals surface area contributed by atoms with Gasteiger partial charge in [0.05, 0.1) is 35.9 Å². The lowest BCUT2D eigenvalue weighted by Crippen LogP contribution is -2.37. The monoisotopic (exact) mass is 454 g/mol. The van der Waals surface area contributed by atoms with Crippen molar-refractivity contribution in [3.8, 4) is 17.4 Å². The SMILES string of the molecule is CCOC[C@H](Oc1nc(-c2ncccc2Cl)nc2[nH]ncc12)C(=O)Nc1cnc(C)cn1. The van der Waals surface area contributed by atoms with E-state index in [2.05, 4.69) is 40.4 Å². The molecule has 0 aliphatic rings. The van der Waals surface area contributed by atoms with Gasteiger partial charge in [-0.2, -0.15) is 10.1 Å². The summed E-state index contributed by atoms with van der Waals surface area (Å²) in [7, 11) is 0. The van der Waals surface area contributed by atoms with E-state index in [0.717, 1.165) is 5.69 Å². The fraction of sp³-hybridized carbons (Fsp3) is 0.250. The summed E-state index contributed by atoms with van der Waals surface area (Å²) in [6.45, 7) is 4.01. The number of nitrogens with one attached hydrogen (secondary N) is 2. The minimum atomic E-state index is -1.03.